The highest BCUT2D eigenvalue weighted by atomic mass is 35.5. The maximum atomic E-state index is 9.20. The fraction of sp³-hybridized carbons (Fsp3) is 0.538. The topological polar surface area (TPSA) is 49.5 Å². The highest BCUT2D eigenvalue weighted by Gasteiger charge is 2.24. The summed E-state index contributed by atoms with van der Waals surface area (Å²) < 4.78 is 0. The molecule has 0 spiro atoms. The summed E-state index contributed by atoms with van der Waals surface area (Å²) in [6.45, 7) is 0.762. The fourth-order valence-corrected chi connectivity index (χ4v) is 2.77. The summed E-state index contributed by atoms with van der Waals surface area (Å²) in [5.41, 5.74) is 7.60. The van der Waals surface area contributed by atoms with Crippen molar-refractivity contribution in [1.82, 2.24) is 0 Å². The molecule has 0 saturated heterocycles. The Morgan fingerprint density at radius 1 is 1.35 bits per heavy atom. The molecule has 17 heavy (non-hydrogen) atoms. The third-order valence-electron chi connectivity index (χ3n) is 3.45. The van der Waals surface area contributed by atoms with Crippen LogP contribution in [-0.2, 0) is 0 Å². The average Bonchev–Trinajstić information content (AvgIpc) is 2.84. The van der Waals surface area contributed by atoms with Gasteiger partial charge in [0.05, 0.1) is 23.0 Å². The van der Waals surface area contributed by atoms with Crippen molar-refractivity contribution in [2.24, 2.45) is 0 Å². The standard InChI is InChI=1S/C13H19ClN2O/c14-11-6-3-7-12(13(11)15)16(8-9-17)10-4-1-2-5-10/h3,6-7,10,17H,1-2,4-5,8-9,15H2. The average molecular weight is 255 g/mol. The minimum atomic E-state index is 0.141. The molecule has 0 amide bonds. The zero-order chi connectivity index (χ0) is 12.3. The summed E-state index contributed by atoms with van der Waals surface area (Å²) in [6.07, 6.45) is 4.86. The van der Waals surface area contributed by atoms with Crippen LogP contribution >= 0.6 is 11.6 Å². The Hall–Kier alpha value is -0.930. The highest BCUT2D eigenvalue weighted by molar-refractivity contribution is 6.33. The molecule has 1 fully saturated rings. The largest absolute Gasteiger partial charge is 0.396 e. The van der Waals surface area contributed by atoms with Crippen molar-refractivity contribution in [3.05, 3.63) is 23.2 Å². The summed E-state index contributed by atoms with van der Waals surface area (Å²) in [7, 11) is 0. The first-order chi connectivity index (χ1) is 8.24. The second-order valence-corrected chi connectivity index (χ2v) is 4.94. The molecule has 1 aromatic rings. The van der Waals surface area contributed by atoms with Crippen LogP contribution < -0.4 is 10.6 Å². The SMILES string of the molecule is Nc1c(Cl)cccc1N(CCO)C1CCCC1. The van der Waals surface area contributed by atoms with Crippen molar-refractivity contribution >= 4 is 23.0 Å². The Bertz CT molecular complexity index is 378. The van der Waals surface area contributed by atoms with Gasteiger partial charge in [-0.25, -0.2) is 0 Å². The first-order valence-electron chi connectivity index (χ1n) is 6.15. The molecular formula is C13H19ClN2O. The van der Waals surface area contributed by atoms with E-state index in [1.165, 1.54) is 25.7 Å². The lowest BCUT2D eigenvalue weighted by Crippen LogP contribution is -2.36. The molecule has 1 aliphatic carbocycles. The number of aliphatic hydroxyl groups is 1. The van der Waals surface area contributed by atoms with E-state index >= 15 is 0 Å². The van der Waals surface area contributed by atoms with Gasteiger partial charge in [-0.2, -0.15) is 0 Å². The smallest absolute Gasteiger partial charge is 0.0741 e. The monoisotopic (exact) mass is 254 g/mol. The lowest BCUT2D eigenvalue weighted by atomic mass is 10.1. The Kier molecular flexibility index (Phi) is 4.13. The number of aliphatic hydroxyl groups excluding tert-OH is 1. The zero-order valence-corrected chi connectivity index (χ0v) is 10.7. The quantitative estimate of drug-likeness (QED) is 0.813. The van der Waals surface area contributed by atoms with Gasteiger partial charge in [0.1, 0.15) is 0 Å². The molecule has 0 heterocycles. The second-order valence-electron chi connectivity index (χ2n) is 4.53. The number of benzene rings is 1. The van der Waals surface area contributed by atoms with E-state index < -0.39 is 0 Å². The van der Waals surface area contributed by atoms with Crippen molar-refractivity contribution in [2.75, 3.05) is 23.8 Å². The van der Waals surface area contributed by atoms with Crippen LogP contribution in [0.3, 0.4) is 0 Å². The number of anilines is 2. The van der Waals surface area contributed by atoms with Crippen LogP contribution in [0.2, 0.25) is 5.02 Å². The minimum absolute atomic E-state index is 0.141. The molecule has 0 aliphatic heterocycles. The summed E-state index contributed by atoms with van der Waals surface area (Å²) in [5.74, 6) is 0. The number of nitrogen functional groups attached to an aromatic ring is 1. The molecule has 0 aromatic heterocycles. The molecule has 94 valence electrons. The first-order valence-corrected chi connectivity index (χ1v) is 6.53. The predicted molar refractivity (Wildman–Crippen MR) is 72.6 cm³/mol. The molecule has 0 atom stereocenters. The molecule has 4 heteroatoms. The summed E-state index contributed by atoms with van der Waals surface area (Å²) in [5, 5.41) is 9.79. The summed E-state index contributed by atoms with van der Waals surface area (Å²) in [4.78, 5) is 2.20. The van der Waals surface area contributed by atoms with Crippen LogP contribution in [-0.4, -0.2) is 24.3 Å². The predicted octanol–water partition coefficient (Wildman–Crippen LogP) is 2.66. The maximum Gasteiger partial charge on any atom is 0.0741 e. The Morgan fingerprint density at radius 3 is 2.71 bits per heavy atom. The van der Waals surface area contributed by atoms with Crippen LogP contribution in [0.25, 0.3) is 0 Å². The fourth-order valence-electron chi connectivity index (χ4n) is 2.60. The molecule has 2 rings (SSSR count). The molecule has 1 aromatic carbocycles. The van der Waals surface area contributed by atoms with E-state index in [0.717, 1.165) is 5.69 Å². The van der Waals surface area contributed by atoms with Gasteiger partial charge in [0.25, 0.3) is 0 Å². The summed E-state index contributed by atoms with van der Waals surface area (Å²) in [6, 6.07) is 6.18. The van der Waals surface area contributed by atoms with Crippen molar-refractivity contribution < 1.29 is 5.11 Å². The van der Waals surface area contributed by atoms with Gasteiger partial charge in [-0.1, -0.05) is 30.5 Å². The van der Waals surface area contributed by atoms with Crippen molar-refractivity contribution in [2.45, 2.75) is 31.7 Å². The van der Waals surface area contributed by atoms with Crippen molar-refractivity contribution in [1.29, 1.82) is 0 Å². The number of para-hydroxylation sites is 1. The number of halogens is 1. The minimum Gasteiger partial charge on any atom is -0.396 e. The van der Waals surface area contributed by atoms with E-state index in [2.05, 4.69) is 4.90 Å². The van der Waals surface area contributed by atoms with Gasteiger partial charge in [-0.05, 0) is 25.0 Å². The molecule has 1 saturated carbocycles. The Balaban J connectivity index is 2.27. The Labute approximate surface area is 107 Å². The van der Waals surface area contributed by atoms with E-state index in [-0.39, 0.29) is 6.61 Å². The first kappa shape index (κ1) is 12.5. The van der Waals surface area contributed by atoms with Crippen LogP contribution in [0, 0.1) is 0 Å². The highest BCUT2D eigenvalue weighted by Crippen LogP contribution is 2.34. The number of nitrogens with two attached hydrogens (primary N) is 1. The number of rotatable bonds is 4. The molecule has 0 unspecified atom stereocenters. The van der Waals surface area contributed by atoms with E-state index in [1.807, 2.05) is 12.1 Å². The van der Waals surface area contributed by atoms with E-state index in [1.54, 1.807) is 6.07 Å². The second kappa shape index (κ2) is 5.61. The normalized spacial score (nSPS) is 16.4. The number of nitrogens with zero attached hydrogens (tertiary/aromatic N) is 1. The van der Waals surface area contributed by atoms with Crippen LogP contribution in [0.15, 0.2) is 18.2 Å². The molecule has 1 aliphatic rings. The summed E-state index contributed by atoms with van der Waals surface area (Å²) >= 11 is 6.05. The number of hydrogen-bond acceptors (Lipinski definition) is 3. The lowest BCUT2D eigenvalue weighted by Gasteiger charge is -2.31. The van der Waals surface area contributed by atoms with E-state index in [0.29, 0.717) is 23.3 Å². The van der Waals surface area contributed by atoms with Crippen LogP contribution in [0.5, 0.6) is 0 Å². The van der Waals surface area contributed by atoms with Crippen molar-refractivity contribution in [3.8, 4) is 0 Å². The zero-order valence-electron chi connectivity index (χ0n) is 9.90. The van der Waals surface area contributed by atoms with Gasteiger partial charge < -0.3 is 15.7 Å². The van der Waals surface area contributed by atoms with Crippen LogP contribution in [0.4, 0.5) is 11.4 Å². The third kappa shape index (κ3) is 2.67. The Morgan fingerprint density at radius 2 is 2.06 bits per heavy atom. The van der Waals surface area contributed by atoms with Gasteiger partial charge in [-0.3, -0.25) is 0 Å². The molecular weight excluding hydrogens is 236 g/mol. The third-order valence-corrected chi connectivity index (χ3v) is 3.78. The van der Waals surface area contributed by atoms with Gasteiger partial charge >= 0.3 is 0 Å². The van der Waals surface area contributed by atoms with E-state index in [4.69, 9.17) is 17.3 Å². The van der Waals surface area contributed by atoms with Gasteiger partial charge in [0.2, 0.25) is 0 Å². The van der Waals surface area contributed by atoms with Gasteiger partial charge in [0.15, 0.2) is 0 Å². The number of hydrogen-bond donors (Lipinski definition) is 2. The van der Waals surface area contributed by atoms with E-state index in [9.17, 15) is 5.11 Å². The molecule has 3 N–H and O–H groups in total. The van der Waals surface area contributed by atoms with Gasteiger partial charge in [-0.15, -0.1) is 0 Å². The molecule has 3 nitrogen and oxygen atoms in total. The lowest BCUT2D eigenvalue weighted by molar-refractivity contribution is 0.297. The van der Waals surface area contributed by atoms with Crippen molar-refractivity contribution in [3.63, 3.8) is 0 Å². The van der Waals surface area contributed by atoms with Crippen LogP contribution in [0.1, 0.15) is 25.7 Å². The molecule has 0 bridgehead atoms. The van der Waals surface area contributed by atoms with Gasteiger partial charge in [0, 0.05) is 12.6 Å². The maximum absolute atomic E-state index is 9.20. The molecule has 0 radical (unpaired) electrons.